The molecule has 0 radical (unpaired) electrons. The SMILES string of the molecule is CC(=O)c1ccc(NC(=O)CSc2nnc3n4cnnc4c4ccccc4n23)cc1. The molecule has 1 amide bonds. The van der Waals surface area contributed by atoms with E-state index in [1.807, 2.05) is 28.7 Å². The van der Waals surface area contributed by atoms with E-state index in [0.29, 0.717) is 27.8 Å². The first-order chi connectivity index (χ1) is 14.6. The molecule has 0 aliphatic rings. The molecule has 0 saturated heterocycles. The van der Waals surface area contributed by atoms with Crippen molar-refractivity contribution in [2.75, 3.05) is 11.1 Å². The molecule has 0 aliphatic heterocycles. The fourth-order valence-electron chi connectivity index (χ4n) is 3.26. The van der Waals surface area contributed by atoms with Gasteiger partial charge in [-0.15, -0.1) is 20.4 Å². The van der Waals surface area contributed by atoms with Crippen molar-refractivity contribution in [2.45, 2.75) is 12.1 Å². The van der Waals surface area contributed by atoms with Gasteiger partial charge < -0.3 is 5.32 Å². The molecule has 0 atom stereocenters. The maximum absolute atomic E-state index is 12.4. The number of thioether (sulfide) groups is 1. The van der Waals surface area contributed by atoms with Crippen LogP contribution in [-0.4, -0.2) is 46.6 Å². The van der Waals surface area contributed by atoms with Crippen LogP contribution >= 0.6 is 11.8 Å². The predicted molar refractivity (Wildman–Crippen MR) is 113 cm³/mol. The number of anilines is 1. The van der Waals surface area contributed by atoms with E-state index in [9.17, 15) is 9.59 Å². The summed E-state index contributed by atoms with van der Waals surface area (Å²) in [6.07, 6.45) is 1.59. The van der Waals surface area contributed by atoms with Gasteiger partial charge in [0.05, 0.1) is 11.3 Å². The number of carbonyl (C=O) groups excluding carboxylic acids is 2. The molecular weight excluding hydrogens is 402 g/mol. The van der Waals surface area contributed by atoms with Crippen molar-refractivity contribution in [3.05, 3.63) is 60.4 Å². The summed E-state index contributed by atoms with van der Waals surface area (Å²) in [5, 5.41) is 21.0. The molecule has 9 nitrogen and oxygen atoms in total. The Morgan fingerprint density at radius 2 is 1.83 bits per heavy atom. The number of Topliss-reactive ketones (excluding diaryl/α,β-unsaturated/α-hetero) is 1. The Balaban J connectivity index is 1.41. The van der Waals surface area contributed by atoms with E-state index in [1.54, 1.807) is 35.0 Å². The Kier molecular flexibility index (Phi) is 4.40. The third-order valence-corrected chi connectivity index (χ3v) is 5.60. The van der Waals surface area contributed by atoms with Gasteiger partial charge in [0, 0.05) is 16.6 Å². The zero-order chi connectivity index (χ0) is 20.7. The standard InChI is InChI=1S/C20H15N7O2S/c1-12(28)13-6-8-14(9-7-13)22-17(29)10-30-20-25-24-19-26-11-21-23-18(26)15-4-2-3-5-16(15)27(19)20/h2-9,11H,10H2,1H3,(H,22,29). The Morgan fingerprint density at radius 1 is 1.03 bits per heavy atom. The smallest absolute Gasteiger partial charge is 0.243 e. The zero-order valence-electron chi connectivity index (χ0n) is 15.8. The molecule has 3 aromatic heterocycles. The summed E-state index contributed by atoms with van der Waals surface area (Å²) >= 11 is 1.29. The van der Waals surface area contributed by atoms with E-state index in [0.717, 1.165) is 10.9 Å². The van der Waals surface area contributed by atoms with Crippen LogP contribution in [0.25, 0.3) is 22.3 Å². The quantitative estimate of drug-likeness (QED) is 0.346. The first kappa shape index (κ1) is 18.3. The number of hydrogen-bond donors (Lipinski definition) is 1. The number of benzene rings is 2. The lowest BCUT2D eigenvalue weighted by Crippen LogP contribution is -2.14. The number of nitrogens with zero attached hydrogens (tertiary/aromatic N) is 6. The van der Waals surface area contributed by atoms with Crippen molar-refractivity contribution in [1.82, 2.24) is 29.2 Å². The second-order valence-electron chi connectivity index (χ2n) is 6.63. The lowest BCUT2D eigenvalue weighted by Gasteiger charge is -2.07. The number of carbonyl (C=O) groups is 2. The molecule has 0 unspecified atom stereocenters. The largest absolute Gasteiger partial charge is 0.325 e. The molecule has 0 bridgehead atoms. The first-order valence-electron chi connectivity index (χ1n) is 9.11. The highest BCUT2D eigenvalue weighted by atomic mass is 32.2. The van der Waals surface area contributed by atoms with Crippen molar-refractivity contribution in [3.8, 4) is 0 Å². The molecule has 1 N–H and O–H groups in total. The van der Waals surface area contributed by atoms with Gasteiger partial charge in [-0.2, -0.15) is 0 Å². The van der Waals surface area contributed by atoms with Gasteiger partial charge in [-0.25, -0.2) is 4.40 Å². The van der Waals surface area contributed by atoms with Crippen LogP contribution in [0.2, 0.25) is 0 Å². The van der Waals surface area contributed by atoms with Crippen molar-refractivity contribution in [2.24, 2.45) is 0 Å². The summed E-state index contributed by atoms with van der Waals surface area (Å²) in [6, 6.07) is 14.6. The molecule has 10 heteroatoms. The second-order valence-corrected chi connectivity index (χ2v) is 7.57. The number of aromatic nitrogens is 6. The average molecular weight is 417 g/mol. The van der Waals surface area contributed by atoms with Crippen LogP contribution < -0.4 is 5.32 Å². The highest BCUT2D eigenvalue weighted by Crippen LogP contribution is 2.25. The van der Waals surface area contributed by atoms with E-state index < -0.39 is 0 Å². The lowest BCUT2D eigenvalue weighted by molar-refractivity contribution is -0.113. The molecule has 3 heterocycles. The number of para-hydroxylation sites is 1. The Labute approximate surface area is 174 Å². The number of rotatable bonds is 5. The summed E-state index contributed by atoms with van der Waals surface area (Å²) in [5.41, 5.74) is 2.83. The van der Waals surface area contributed by atoms with Gasteiger partial charge >= 0.3 is 0 Å². The monoisotopic (exact) mass is 417 g/mol. The van der Waals surface area contributed by atoms with Crippen LogP contribution in [0.1, 0.15) is 17.3 Å². The van der Waals surface area contributed by atoms with Crippen LogP contribution in [0.4, 0.5) is 5.69 Å². The minimum atomic E-state index is -0.179. The van der Waals surface area contributed by atoms with Crippen molar-refractivity contribution >= 4 is 51.5 Å². The van der Waals surface area contributed by atoms with Crippen LogP contribution in [-0.2, 0) is 4.79 Å². The molecule has 2 aromatic carbocycles. The van der Waals surface area contributed by atoms with Crippen LogP contribution in [0.3, 0.4) is 0 Å². The van der Waals surface area contributed by atoms with Gasteiger partial charge in [-0.05, 0) is 43.3 Å². The number of ketones is 1. The predicted octanol–water partition coefficient (Wildman–Crippen LogP) is 2.86. The molecule has 0 spiro atoms. The van der Waals surface area contributed by atoms with E-state index in [2.05, 4.69) is 25.7 Å². The fraction of sp³-hybridized carbons (Fsp3) is 0.100. The number of amides is 1. The number of nitrogens with one attached hydrogen (secondary N) is 1. The summed E-state index contributed by atoms with van der Waals surface area (Å²) in [7, 11) is 0. The lowest BCUT2D eigenvalue weighted by atomic mass is 10.1. The van der Waals surface area contributed by atoms with Gasteiger partial charge in [-0.3, -0.25) is 14.0 Å². The zero-order valence-corrected chi connectivity index (χ0v) is 16.6. The third-order valence-electron chi connectivity index (χ3n) is 4.67. The first-order valence-corrected chi connectivity index (χ1v) is 10.1. The van der Waals surface area contributed by atoms with Crippen molar-refractivity contribution in [1.29, 1.82) is 0 Å². The molecule has 0 fully saturated rings. The Hall–Kier alpha value is -3.79. The van der Waals surface area contributed by atoms with Gasteiger partial charge in [0.1, 0.15) is 6.33 Å². The highest BCUT2D eigenvalue weighted by molar-refractivity contribution is 7.99. The third kappa shape index (κ3) is 3.07. The van der Waals surface area contributed by atoms with E-state index in [1.165, 1.54) is 18.7 Å². The summed E-state index contributed by atoms with van der Waals surface area (Å²) in [4.78, 5) is 23.8. The maximum atomic E-state index is 12.4. The van der Waals surface area contributed by atoms with Crippen molar-refractivity contribution in [3.63, 3.8) is 0 Å². The molecule has 5 rings (SSSR count). The molecule has 148 valence electrons. The molecule has 0 aliphatic carbocycles. The van der Waals surface area contributed by atoms with Crippen LogP contribution in [0.15, 0.2) is 60.0 Å². The summed E-state index contributed by atoms with van der Waals surface area (Å²) in [6.45, 7) is 1.50. The highest BCUT2D eigenvalue weighted by Gasteiger charge is 2.16. The average Bonchev–Trinajstić information content (AvgIpc) is 3.40. The van der Waals surface area contributed by atoms with Crippen LogP contribution in [0, 0.1) is 0 Å². The maximum Gasteiger partial charge on any atom is 0.243 e. The number of hydrogen-bond acceptors (Lipinski definition) is 7. The molecule has 30 heavy (non-hydrogen) atoms. The number of fused-ring (bicyclic) bond motifs is 6. The Bertz CT molecular complexity index is 1420. The molecule has 5 aromatic rings. The molecular formula is C20H15N7O2S. The normalized spacial score (nSPS) is 11.4. The summed E-state index contributed by atoms with van der Waals surface area (Å²) < 4.78 is 3.67. The minimum Gasteiger partial charge on any atom is -0.325 e. The fourth-order valence-corrected chi connectivity index (χ4v) is 4.00. The van der Waals surface area contributed by atoms with Crippen LogP contribution in [0.5, 0.6) is 0 Å². The Morgan fingerprint density at radius 3 is 2.63 bits per heavy atom. The van der Waals surface area contributed by atoms with E-state index in [-0.39, 0.29) is 17.4 Å². The van der Waals surface area contributed by atoms with Gasteiger partial charge in [0.2, 0.25) is 11.7 Å². The topological polar surface area (TPSA) is 107 Å². The second kappa shape index (κ2) is 7.23. The van der Waals surface area contributed by atoms with Gasteiger partial charge in [0.25, 0.3) is 0 Å². The molecule has 0 saturated carbocycles. The van der Waals surface area contributed by atoms with Gasteiger partial charge in [-0.1, -0.05) is 23.9 Å². The minimum absolute atomic E-state index is 0.0171. The van der Waals surface area contributed by atoms with E-state index >= 15 is 0 Å². The van der Waals surface area contributed by atoms with Gasteiger partial charge in [0.15, 0.2) is 16.6 Å². The van der Waals surface area contributed by atoms with E-state index in [4.69, 9.17) is 0 Å². The van der Waals surface area contributed by atoms with Crippen molar-refractivity contribution < 1.29 is 9.59 Å². The summed E-state index contributed by atoms with van der Waals surface area (Å²) in [5.74, 6) is 0.541.